The lowest BCUT2D eigenvalue weighted by Crippen LogP contribution is -1.91. The lowest BCUT2D eigenvalue weighted by atomic mass is 10.2. The lowest BCUT2D eigenvalue weighted by Gasteiger charge is -1.97. The van der Waals surface area contributed by atoms with Gasteiger partial charge in [-0.05, 0) is 25.0 Å². The van der Waals surface area contributed by atoms with Crippen molar-refractivity contribution < 1.29 is 0 Å². The van der Waals surface area contributed by atoms with Crippen molar-refractivity contribution in [2.45, 2.75) is 13.8 Å². The van der Waals surface area contributed by atoms with Gasteiger partial charge in [-0.25, -0.2) is 4.52 Å². The second-order valence-electron chi connectivity index (χ2n) is 2.94. The summed E-state index contributed by atoms with van der Waals surface area (Å²) in [7, 11) is 0. The van der Waals surface area contributed by atoms with Crippen LogP contribution < -0.4 is 5.73 Å². The summed E-state index contributed by atoms with van der Waals surface area (Å²) >= 11 is 0. The first-order valence-electron chi connectivity index (χ1n) is 3.76. The van der Waals surface area contributed by atoms with Crippen molar-refractivity contribution in [3.63, 3.8) is 0 Å². The molecule has 2 aromatic heterocycles. The van der Waals surface area contributed by atoms with Crippen LogP contribution in [0.25, 0.3) is 5.65 Å². The molecule has 0 saturated carbocycles. The highest BCUT2D eigenvalue weighted by Crippen LogP contribution is 2.10. The molecular formula is C8H10N4. The van der Waals surface area contributed by atoms with Gasteiger partial charge in [0.25, 0.3) is 0 Å². The molecule has 0 aliphatic heterocycles. The average molecular weight is 162 g/mol. The predicted molar refractivity (Wildman–Crippen MR) is 46.9 cm³/mol. The van der Waals surface area contributed by atoms with Crippen LogP contribution in [0.15, 0.2) is 12.3 Å². The lowest BCUT2D eigenvalue weighted by molar-refractivity contribution is 0.952. The molecule has 2 rings (SSSR count). The monoisotopic (exact) mass is 162 g/mol. The highest BCUT2D eigenvalue weighted by Gasteiger charge is 2.02. The van der Waals surface area contributed by atoms with E-state index in [1.54, 1.807) is 4.52 Å². The fourth-order valence-electron chi connectivity index (χ4n) is 1.33. The minimum atomic E-state index is 0.323. The van der Waals surface area contributed by atoms with E-state index >= 15 is 0 Å². The van der Waals surface area contributed by atoms with Crippen molar-refractivity contribution in [1.82, 2.24) is 14.6 Å². The molecule has 0 aliphatic carbocycles. The number of aryl methyl sites for hydroxylation is 2. The van der Waals surface area contributed by atoms with E-state index < -0.39 is 0 Å². The van der Waals surface area contributed by atoms with Gasteiger partial charge in [-0.2, -0.15) is 4.98 Å². The van der Waals surface area contributed by atoms with Crippen molar-refractivity contribution in [2.24, 2.45) is 0 Å². The standard InChI is InChI=1S/C8H10N4/c1-5-3-6(2)7-10-8(9)11-12(7)4-5/h3-4H,1-2H3,(H2,9,11). The Hall–Kier alpha value is -1.58. The third kappa shape index (κ3) is 0.922. The van der Waals surface area contributed by atoms with Crippen LogP contribution >= 0.6 is 0 Å². The van der Waals surface area contributed by atoms with E-state index in [0.717, 1.165) is 16.8 Å². The summed E-state index contributed by atoms with van der Waals surface area (Å²) in [4.78, 5) is 4.08. The molecular weight excluding hydrogens is 152 g/mol. The SMILES string of the molecule is Cc1cc(C)c2nc(N)nn2c1. The molecule has 2 heterocycles. The zero-order valence-electron chi connectivity index (χ0n) is 7.07. The summed E-state index contributed by atoms with van der Waals surface area (Å²) in [6.07, 6.45) is 1.91. The molecule has 4 heteroatoms. The number of pyridine rings is 1. The third-order valence-corrected chi connectivity index (χ3v) is 1.77. The number of anilines is 1. The molecule has 0 bridgehead atoms. The molecule has 0 saturated heterocycles. The van der Waals surface area contributed by atoms with Crippen LogP contribution in [0.4, 0.5) is 5.95 Å². The van der Waals surface area contributed by atoms with E-state index in [4.69, 9.17) is 5.73 Å². The zero-order chi connectivity index (χ0) is 8.72. The Morgan fingerprint density at radius 3 is 2.92 bits per heavy atom. The molecule has 2 aromatic rings. The number of fused-ring (bicyclic) bond motifs is 1. The van der Waals surface area contributed by atoms with E-state index in [0.29, 0.717) is 5.95 Å². The summed E-state index contributed by atoms with van der Waals surface area (Å²) in [5.74, 6) is 0.323. The largest absolute Gasteiger partial charge is 0.366 e. The second kappa shape index (κ2) is 2.20. The van der Waals surface area contributed by atoms with Crippen LogP contribution in [0.1, 0.15) is 11.1 Å². The molecule has 0 aliphatic rings. The van der Waals surface area contributed by atoms with Crippen LogP contribution in [-0.4, -0.2) is 14.6 Å². The fraction of sp³-hybridized carbons (Fsp3) is 0.250. The van der Waals surface area contributed by atoms with Gasteiger partial charge in [0.1, 0.15) is 0 Å². The van der Waals surface area contributed by atoms with Gasteiger partial charge in [-0.3, -0.25) is 0 Å². The maximum Gasteiger partial charge on any atom is 0.240 e. The van der Waals surface area contributed by atoms with Crippen molar-refractivity contribution in [3.05, 3.63) is 23.4 Å². The number of nitrogen functional groups attached to an aromatic ring is 1. The topological polar surface area (TPSA) is 56.2 Å². The number of hydrogen-bond acceptors (Lipinski definition) is 3. The molecule has 0 radical (unpaired) electrons. The van der Waals surface area contributed by atoms with Gasteiger partial charge in [-0.15, -0.1) is 5.10 Å². The van der Waals surface area contributed by atoms with Crippen LogP contribution in [0.3, 0.4) is 0 Å². The van der Waals surface area contributed by atoms with Gasteiger partial charge in [-0.1, -0.05) is 6.07 Å². The molecule has 2 N–H and O–H groups in total. The van der Waals surface area contributed by atoms with Crippen molar-refractivity contribution in [1.29, 1.82) is 0 Å². The predicted octanol–water partition coefficient (Wildman–Crippen LogP) is 0.928. The quantitative estimate of drug-likeness (QED) is 0.627. The first kappa shape index (κ1) is 7.09. The Morgan fingerprint density at radius 1 is 1.42 bits per heavy atom. The Balaban J connectivity index is 2.88. The number of nitrogens with two attached hydrogens (primary N) is 1. The molecule has 0 unspecified atom stereocenters. The van der Waals surface area contributed by atoms with E-state index in [1.165, 1.54) is 0 Å². The van der Waals surface area contributed by atoms with Gasteiger partial charge in [0, 0.05) is 6.20 Å². The van der Waals surface area contributed by atoms with Crippen molar-refractivity contribution in [3.8, 4) is 0 Å². The van der Waals surface area contributed by atoms with Gasteiger partial charge in [0.15, 0.2) is 5.65 Å². The smallest absolute Gasteiger partial charge is 0.240 e. The zero-order valence-corrected chi connectivity index (χ0v) is 7.07. The summed E-state index contributed by atoms with van der Waals surface area (Å²) in [5, 5.41) is 4.02. The van der Waals surface area contributed by atoms with E-state index in [-0.39, 0.29) is 0 Å². The van der Waals surface area contributed by atoms with Crippen LogP contribution in [0, 0.1) is 13.8 Å². The van der Waals surface area contributed by atoms with Crippen LogP contribution in [-0.2, 0) is 0 Å². The Bertz CT molecular complexity index is 430. The van der Waals surface area contributed by atoms with Crippen molar-refractivity contribution in [2.75, 3.05) is 5.73 Å². The summed E-state index contributed by atoms with van der Waals surface area (Å²) in [5.41, 5.74) is 8.55. The summed E-state index contributed by atoms with van der Waals surface area (Å²) in [6.45, 7) is 4.01. The number of aromatic nitrogens is 3. The van der Waals surface area contributed by atoms with Gasteiger partial charge in [0.05, 0.1) is 0 Å². The Morgan fingerprint density at radius 2 is 2.17 bits per heavy atom. The molecule has 0 spiro atoms. The molecule has 12 heavy (non-hydrogen) atoms. The Kier molecular flexibility index (Phi) is 1.30. The molecule has 62 valence electrons. The number of nitrogens with zero attached hydrogens (tertiary/aromatic N) is 3. The molecule has 0 amide bonds. The van der Waals surface area contributed by atoms with Gasteiger partial charge >= 0.3 is 0 Å². The highest BCUT2D eigenvalue weighted by molar-refractivity contribution is 5.50. The highest BCUT2D eigenvalue weighted by atomic mass is 15.3. The van der Waals surface area contributed by atoms with Gasteiger partial charge < -0.3 is 5.73 Å². The molecule has 4 nitrogen and oxygen atoms in total. The minimum absolute atomic E-state index is 0.323. The van der Waals surface area contributed by atoms with E-state index in [2.05, 4.69) is 16.1 Å². The maximum atomic E-state index is 5.47. The third-order valence-electron chi connectivity index (χ3n) is 1.77. The molecule has 0 atom stereocenters. The van der Waals surface area contributed by atoms with Crippen molar-refractivity contribution >= 4 is 11.6 Å². The normalized spacial score (nSPS) is 10.8. The minimum Gasteiger partial charge on any atom is -0.366 e. The fourth-order valence-corrected chi connectivity index (χ4v) is 1.33. The number of rotatable bonds is 0. The van der Waals surface area contributed by atoms with E-state index in [1.807, 2.05) is 20.0 Å². The first-order valence-corrected chi connectivity index (χ1v) is 3.76. The first-order chi connectivity index (χ1) is 5.66. The second-order valence-corrected chi connectivity index (χ2v) is 2.94. The molecule has 0 aromatic carbocycles. The number of hydrogen-bond donors (Lipinski definition) is 1. The van der Waals surface area contributed by atoms with Gasteiger partial charge in [0.2, 0.25) is 5.95 Å². The maximum absolute atomic E-state index is 5.47. The molecule has 0 fully saturated rings. The summed E-state index contributed by atoms with van der Waals surface area (Å²) in [6, 6.07) is 2.06. The van der Waals surface area contributed by atoms with E-state index in [9.17, 15) is 0 Å². The average Bonchev–Trinajstić information content (AvgIpc) is 2.29. The van der Waals surface area contributed by atoms with Crippen LogP contribution in [0.5, 0.6) is 0 Å². The van der Waals surface area contributed by atoms with Crippen LogP contribution in [0.2, 0.25) is 0 Å². The summed E-state index contributed by atoms with van der Waals surface area (Å²) < 4.78 is 1.71. The Labute approximate surface area is 70.0 Å².